The number of hydrogen-bond donors (Lipinski definition) is 0. The van der Waals surface area contributed by atoms with Crippen LogP contribution in [0.1, 0.15) is 4.88 Å². The molecule has 0 atom stereocenters. The van der Waals surface area contributed by atoms with Crippen molar-refractivity contribution in [1.82, 2.24) is 4.90 Å². The Morgan fingerprint density at radius 2 is 1.81 bits per heavy atom. The summed E-state index contributed by atoms with van der Waals surface area (Å²) in [6.45, 7) is 5.42. The number of halogens is 1. The Kier molecular flexibility index (Phi) is 4.83. The first-order valence-electron chi connectivity index (χ1n) is 7.09. The third-order valence-electron chi connectivity index (χ3n) is 3.87. The van der Waals surface area contributed by atoms with Gasteiger partial charge in [-0.25, -0.2) is 0 Å². The van der Waals surface area contributed by atoms with Crippen LogP contribution >= 0.6 is 27.3 Å². The van der Waals surface area contributed by atoms with Crippen molar-refractivity contribution in [1.29, 1.82) is 0 Å². The zero-order chi connectivity index (χ0) is 14.7. The third-order valence-corrected chi connectivity index (χ3v) is 5.78. The van der Waals surface area contributed by atoms with E-state index in [4.69, 9.17) is 4.74 Å². The van der Waals surface area contributed by atoms with Crippen LogP contribution < -0.4 is 9.64 Å². The number of hydrogen-bond acceptors (Lipinski definition) is 4. The monoisotopic (exact) mass is 366 g/mol. The quantitative estimate of drug-likeness (QED) is 0.817. The number of anilines is 1. The molecule has 0 aliphatic carbocycles. The van der Waals surface area contributed by atoms with Crippen LogP contribution in [0.15, 0.2) is 40.2 Å². The molecule has 1 saturated heterocycles. The highest BCUT2D eigenvalue weighted by atomic mass is 79.9. The molecule has 1 aliphatic heterocycles. The molecule has 21 heavy (non-hydrogen) atoms. The molecule has 3 rings (SSSR count). The van der Waals surface area contributed by atoms with Gasteiger partial charge in [-0.3, -0.25) is 4.90 Å². The normalized spacial score (nSPS) is 16.2. The van der Waals surface area contributed by atoms with E-state index in [0.717, 1.165) is 38.5 Å². The Labute approximate surface area is 138 Å². The first-order valence-corrected chi connectivity index (χ1v) is 8.77. The summed E-state index contributed by atoms with van der Waals surface area (Å²) in [6.07, 6.45) is 0. The minimum Gasteiger partial charge on any atom is -0.497 e. The summed E-state index contributed by atoms with van der Waals surface area (Å²) in [5.74, 6) is 0.917. The Morgan fingerprint density at radius 3 is 2.38 bits per heavy atom. The van der Waals surface area contributed by atoms with Gasteiger partial charge >= 0.3 is 0 Å². The van der Waals surface area contributed by atoms with Crippen LogP contribution in [0.4, 0.5) is 5.69 Å². The van der Waals surface area contributed by atoms with E-state index in [1.54, 1.807) is 7.11 Å². The van der Waals surface area contributed by atoms with Crippen molar-refractivity contribution in [2.75, 3.05) is 38.2 Å². The van der Waals surface area contributed by atoms with Gasteiger partial charge in [-0.15, -0.1) is 11.3 Å². The smallest absolute Gasteiger partial charge is 0.119 e. The second kappa shape index (κ2) is 6.81. The minimum atomic E-state index is 0.917. The minimum absolute atomic E-state index is 0.917. The summed E-state index contributed by atoms with van der Waals surface area (Å²) in [4.78, 5) is 6.39. The molecule has 2 heterocycles. The number of benzene rings is 1. The van der Waals surface area contributed by atoms with Crippen molar-refractivity contribution < 1.29 is 4.74 Å². The van der Waals surface area contributed by atoms with Gasteiger partial charge in [0.25, 0.3) is 0 Å². The maximum Gasteiger partial charge on any atom is 0.119 e. The Balaban J connectivity index is 1.56. The van der Waals surface area contributed by atoms with Crippen molar-refractivity contribution in [2.24, 2.45) is 0 Å². The molecule has 0 N–H and O–H groups in total. The topological polar surface area (TPSA) is 15.7 Å². The second-order valence-corrected chi connectivity index (χ2v) is 7.01. The van der Waals surface area contributed by atoms with Gasteiger partial charge < -0.3 is 9.64 Å². The third kappa shape index (κ3) is 3.59. The fourth-order valence-corrected chi connectivity index (χ4v) is 4.12. The highest BCUT2D eigenvalue weighted by Gasteiger charge is 2.18. The molecular formula is C16H19BrN2OS. The van der Waals surface area contributed by atoms with Gasteiger partial charge in [0.05, 0.1) is 7.11 Å². The van der Waals surface area contributed by atoms with Crippen LogP contribution in [0, 0.1) is 0 Å². The molecule has 1 aliphatic rings. The van der Waals surface area contributed by atoms with E-state index >= 15 is 0 Å². The lowest BCUT2D eigenvalue weighted by Crippen LogP contribution is -2.45. The van der Waals surface area contributed by atoms with Crippen molar-refractivity contribution in [2.45, 2.75) is 6.54 Å². The molecule has 1 aromatic carbocycles. The van der Waals surface area contributed by atoms with Gasteiger partial charge in [0.1, 0.15) is 5.75 Å². The van der Waals surface area contributed by atoms with E-state index in [-0.39, 0.29) is 0 Å². The number of nitrogens with zero attached hydrogens (tertiary/aromatic N) is 2. The highest BCUT2D eigenvalue weighted by molar-refractivity contribution is 9.10. The van der Waals surface area contributed by atoms with Crippen LogP contribution in [-0.2, 0) is 6.54 Å². The number of rotatable bonds is 4. The number of thiophene rings is 1. The van der Waals surface area contributed by atoms with Crippen LogP contribution in [0.5, 0.6) is 5.75 Å². The van der Waals surface area contributed by atoms with Gasteiger partial charge in [0, 0.05) is 47.8 Å². The first kappa shape index (κ1) is 14.9. The molecule has 0 amide bonds. The van der Waals surface area contributed by atoms with Crippen LogP contribution in [0.2, 0.25) is 0 Å². The Bertz CT molecular complexity index is 576. The van der Waals surface area contributed by atoms with Crippen LogP contribution in [0.25, 0.3) is 0 Å². The maximum atomic E-state index is 5.21. The molecule has 112 valence electrons. The fourth-order valence-electron chi connectivity index (χ4n) is 2.60. The molecule has 0 saturated carbocycles. The van der Waals surface area contributed by atoms with E-state index in [0.29, 0.717) is 0 Å². The molecular weight excluding hydrogens is 348 g/mol. The Morgan fingerprint density at radius 1 is 1.10 bits per heavy atom. The van der Waals surface area contributed by atoms with Crippen molar-refractivity contribution >= 4 is 33.0 Å². The first-order chi connectivity index (χ1) is 10.3. The van der Waals surface area contributed by atoms with Crippen LogP contribution in [0.3, 0.4) is 0 Å². The summed E-state index contributed by atoms with van der Waals surface area (Å²) in [5.41, 5.74) is 1.28. The molecule has 0 spiro atoms. The predicted octanol–water partition coefficient (Wildman–Crippen LogP) is 3.84. The molecule has 1 fully saturated rings. The average Bonchev–Trinajstić information content (AvgIpc) is 2.93. The van der Waals surface area contributed by atoms with E-state index in [9.17, 15) is 0 Å². The van der Waals surface area contributed by atoms with Crippen LogP contribution in [-0.4, -0.2) is 38.2 Å². The second-order valence-electron chi connectivity index (χ2n) is 5.15. The molecule has 1 aromatic heterocycles. The van der Waals surface area contributed by atoms with E-state index in [1.165, 1.54) is 15.0 Å². The summed E-state index contributed by atoms with van der Waals surface area (Å²) in [7, 11) is 1.70. The van der Waals surface area contributed by atoms with Gasteiger partial charge in [0.2, 0.25) is 0 Å². The fraction of sp³-hybridized carbons (Fsp3) is 0.375. The van der Waals surface area contributed by atoms with Crippen molar-refractivity contribution in [3.8, 4) is 5.75 Å². The molecule has 0 bridgehead atoms. The van der Waals surface area contributed by atoms with Gasteiger partial charge in [-0.05, 0) is 51.6 Å². The number of piperazine rings is 1. The van der Waals surface area contributed by atoms with E-state index < -0.39 is 0 Å². The molecule has 3 nitrogen and oxygen atoms in total. The predicted molar refractivity (Wildman–Crippen MR) is 92.5 cm³/mol. The SMILES string of the molecule is COc1ccc(N2CCN(Cc3sccc3Br)CC2)cc1. The summed E-state index contributed by atoms with van der Waals surface area (Å²) < 4.78 is 6.45. The van der Waals surface area contributed by atoms with Crippen molar-refractivity contribution in [3.05, 3.63) is 45.1 Å². The largest absolute Gasteiger partial charge is 0.497 e. The maximum absolute atomic E-state index is 5.21. The summed E-state index contributed by atoms with van der Waals surface area (Å²) >= 11 is 5.45. The van der Waals surface area contributed by atoms with E-state index in [2.05, 4.69) is 49.3 Å². The molecule has 2 aromatic rings. The average molecular weight is 367 g/mol. The zero-order valence-electron chi connectivity index (χ0n) is 12.1. The lowest BCUT2D eigenvalue weighted by Gasteiger charge is -2.36. The zero-order valence-corrected chi connectivity index (χ0v) is 14.5. The molecule has 5 heteroatoms. The van der Waals surface area contributed by atoms with Crippen molar-refractivity contribution in [3.63, 3.8) is 0 Å². The summed E-state index contributed by atoms with van der Waals surface area (Å²) in [5, 5.41) is 2.15. The summed E-state index contributed by atoms with van der Waals surface area (Å²) in [6, 6.07) is 10.5. The van der Waals surface area contributed by atoms with E-state index in [1.807, 2.05) is 23.5 Å². The van der Waals surface area contributed by atoms with Gasteiger partial charge in [-0.1, -0.05) is 0 Å². The Hall–Kier alpha value is -1.04. The lowest BCUT2D eigenvalue weighted by molar-refractivity contribution is 0.251. The molecule has 0 unspecified atom stereocenters. The van der Waals surface area contributed by atoms with Gasteiger partial charge in [-0.2, -0.15) is 0 Å². The lowest BCUT2D eigenvalue weighted by atomic mass is 10.2. The number of methoxy groups -OCH3 is 1. The number of ether oxygens (including phenoxy) is 1. The van der Waals surface area contributed by atoms with Gasteiger partial charge in [0.15, 0.2) is 0 Å². The standard InChI is InChI=1S/C16H19BrN2OS/c1-20-14-4-2-13(3-5-14)19-9-7-18(8-10-19)12-16-15(17)6-11-21-16/h2-6,11H,7-10,12H2,1H3. The molecule has 0 radical (unpaired) electrons. The highest BCUT2D eigenvalue weighted by Crippen LogP contribution is 2.25.